The van der Waals surface area contributed by atoms with E-state index in [1.807, 2.05) is 0 Å². The van der Waals surface area contributed by atoms with Crippen LogP contribution in [-0.4, -0.2) is 6.04 Å². The van der Waals surface area contributed by atoms with Crippen molar-refractivity contribution in [3.8, 4) is 0 Å². The van der Waals surface area contributed by atoms with Crippen molar-refractivity contribution in [1.29, 1.82) is 0 Å². The topological polar surface area (TPSA) is 26.0 Å². The highest BCUT2D eigenvalue weighted by atomic mass is 14.7. The molecule has 2 N–H and O–H groups in total. The van der Waals surface area contributed by atoms with E-state index in [1.54, 1.807) is 0 Å². The molecule has 0 bridgehead atoms. The molecule has 76 valence electrons. The average molecular weight is 197 g/mol. The molecular formula is C14H15N. The van der Waals surface area contributed by atoms with Crippen molar-refractivity contribution in [1.82, 2.24) is 0 Å². The summed E-state index contributed by atoms with van der Waals surface area (Å²) in [5.74, 6) is 0.593. The first-order valence-electron chi connectivity index (χ1n) is 5.51. The molecule has 2 aromatic carbocycles. The lowest BCUT2D eigenvalue weighted by atomic mass is 9.97. The van der Waals surface area contributed by atoms with Crippen molar-refractivity contribution in [2.24, 2.45) is 5.73 Å². The second kappa shape index (κ2) is 3.07. The van der Waals surface area contributed by atoms with Gasteiger partial charge in [0.1, 0.15) is 0 Å². The number of benzene rings is 2. The summed E-state index contributed by atoms with van der Waals surface area (Å²) in [6.07, 6.45) is 1.15. The van der Waals surface area contributed by atoms with Gasteiger partial charge >= 0.3 is 0 Å². The van der Waals surface area contributed by atoms with Gasteiger partial charge in [-0.3, -0.25) is 0 Å². The van der Waals surface area contributed by atoms with Gasteiger partial charge < -0.3 is 5.73 Å². The van der Waals surface area contributed by atoms with Crippen LogP contribution in [0.5, 0.6) is 0 Å². The molecule has 2 atom stereocenters. The molecule has 1 nitrogen and oxygen atoms in total. The molecule has 0 amide bonds. The zero-order valence-electron chi connectivity index (χ0n) is 8.90. The molecule has 1 fully saturated rings. The summed E-state index contributed by atoms with van der Waals surface area (Å²) in [6.45, 7) is 2.17. The molecule has 3 rings (SSSR count). The standard InChI is InChI=1S/C14H15N/c1-9-6-7-12(13-8-14(13)15)11-5-3-2-4-10(9)11/h2-7,13-14H,8,15H2,1H3/t13-,14+/m0/s1. The quantitative estimate of drug-likeness (QED) is 0.747. The number of fused-ring (bicyclic) bond motifs is 1. The number of nitrogens with two attached hydrogens (primary N) is 1. The van der Waals surface area contributed by atoms with Crippen LogP contribution >= 0.6 is 0 Å². The number of hydrogen-bond acceptors (Lipinski definition) is 1. The lowest BCUT2D eigenvalue weighted by molar-refractivity contribution is 0.997. The fraction of sp³-hybridized carbons (Fsp3) is 0.286. The van der Waals surface area contributed by atoms with Gasteiger partial charge in [-0.25, -0.2) is 0 Å². The van der Waals surface area contributed by atoms with E-state index < -0.39 is 0 Å². The predicted octanol–water partition coefficient (Wildman–Crippen LogP) is 2.96. The van der Waals surface area contributed by atoms with Crippen molar-refractivity contribution in [3.63, 3.8) is 0 Å². The lowest BCUT2D eigenvalue weighted by Gasteiger charge is -2.07. The summed E-state index contributed by atoms with van der Waals surface area (Å²) < 4.78 is 0. The van der Waals surface area contributed by atoms with Crippen LogP contribution < -0.4 is 5.73 Å². The Morgan fingerprint density at radius 3 is 2.40 bits per heavy atom. The van der Waals surface area contributed by atoms with E-state index in [9.17, 15) is 0 Å². The van der Waals surface area contributed by atoms with E-state index in [0.717, 1.165) is 6.42 Å². The van der Waals surface area contributed by atoms with Crippen LogP contribution in [0.4, 0.5) is 0 Å². The zero-order valence-corrected chi connectivity index (χ0v) is 8.90. The van der Waals surface area contributed by atoms with Gasteiger partial charge in [-0.2, -0.15) is 0 Å². The van der Waals surface area contributed by atoms with Gasteiger partial charge in [0.2, 0.25) is 0 Å². The molecule has 0 heterocycles. The largest absolute Gasteiger partial charge is 0.327 e. The summed E-state index contributed by atoms with van der Waals surface area (Å²) in [7, 11) is 0. The molecule has 1 heteroatoms. The van der Waals surface area contributed by atoms with E-state index in [-0.39, 0.29) is 0 Å². The number of rotatable bonds is 1. The smallest absolute Gasteiger partial charge is 0.0115 e. The first-order chi connectivity index (χ1) is 7.27. The minimum absolute atomic E-state index is 0.385. The Balaban J connectivity index is 2.27. The Labute approximate surface area is 89.9 Å². The summed E-state index contributed by atoms with van der Waals surface area (Å²) >= 11 is 0. The molecule has 1 aliphatic rings. The molecule has 0 saturated heterocycles. The highest BCUT2D eigenvalue weighted by Gasteiger charge is 2.35. The third-order valence-corrected chi connectivity index (χ3v) is 3.42. The Morgan fingerprint density at radius 1 is 1.07 bits per heavy atom. The Morgan fingerprint density at radius 2 is 1.73 bits per heavy atom. The average Bonchev–Trinajstić information content (AvgIpc) is 2.96. The fourth-order valence-electron chi connectivity index (χ4n) is 2.37. The van der Waals surface area contributed by atoms with Crippen LogP contribution in [0.15, 0.2) is 36.4 Å². The predicted molar refractivity (Wildman–Crippen MR) is 64.0 cm³/mol. The van der Waals surface area contributed by atoms with Crippen molar-refractivity contribution in [2.75, 3.05) is 0 Å². The van der Waals surface area contributed by atoms with Crippen LogP contribution in [0.25, 0.3) is 10.8 Å². The van der Waals surface area contributed by atoms with Gasteiger partial charge in [-0.05, 0) is 35.2 Å². The number of hydrogen-bond donors (Lipinski definition) is 1. The number of aryl methyl sites for hydroxylation is 1. The fourth-order valence-corrected chi connectivity index (χ4v) is 2.37. The third-order valence-electron chi connectivity index (χ3n) is 3.42. The van der Waals surface area contributed by atoms with Crippen LogP contribution in [0.3, 0.4) is 0 Å². The van der Waals surface area contributed by atoms with Gasteiger partial charge in [-0.1, -0.05) is 36.4 Å². The van der Waals surface area contributed by atoms with Crippen molar-refractivity contribution < 1.29 is 0 Å². The Hall–Kier alpha value is -1.34. The SMILES string of the molecule is Cc1ccc([C@@H]2C[C@H]2N)c2ccccc12. The summed E-state index contributed by atoms with van der Waals surface area (Å²) in [5.41, 5.74) is 8.71. The molecule has 1 saturated carbocycles. The first kappa shape index (κ1) is 8.93. The maximum absolute atomic E-state index is 5.93. The van der Waals surface area contributed by atoms with E-state index in [0.29, 0.717) is 12.0 Å². The minimum atomic E-state index is 0.385. The molecule has 2 aromatic rings. The molecular weight excluding hydrogens is 182 g/mol. The van der Waals surface area contributed by atoms with Gasteiger partial charge in [0.25, 0.3) is 0 Å². The monoisotopic (exact) mass is 197 g/mol. The van der Waals surface area contributed by atoms with Crippen LogP contribution in [0.1, 0.15) is 23.5 Å². The highest BCUT2D eigenvalue weighted by Crippen LogP contribution is 2.42. The van der Waals surface area contributed by atoms with E-state index in [1.165, 1.54) is 21.9 Å². The van der Waals surface area contributed by atoms with Gasteiger partial charge in [0.05, 0.1) is 0 Å². The zero-order chi connectivity index (χ0) is 10.4. The van der Waals surface area contributed by atoms with Crippen LogP contribution in [-0.2, 0) is 0 Å². The van der Waals surface area contributed by atoms with E-state index in [2.05, 4.69) is 43.3 Å². The second-order valence-corrected chi connectivity index (χ2v) is 4.52. The third kappa shape index (κ3) is 1.35. The molecule has 1 aliphatic carbocycles. The van der Waals surface area contributed by atoms with Gasteiger partial charge in [0.15, 0.2) is 0 Å². The summed E-state index contributed by atoms with van der Waals surface area (Å²) in [6, 6.07) is 13.5. The van der Waals surface area contributed by atoms with Crippen molar-refractivity contribution in [2.45, 2.75) is 25.3 Å². The van der Waals surface area contributed by atoms with E-state index >= 15 is 0 Å². The first-order valence-corrected chi connectivity index (χ1v) is 5.51. The van der Waals surface area contributed by atoms with Gasteiger partial charge in [-0.15, -0.1) is 0 Å². The van der Waals surface area contributed by atoms with E-state index in [4.69, 9.17) is 5.73 Å². The van der Waals surface area contributed by atoms with Crippen LogP contribution in [0.2, 0.25) is 0 Å². The molecule has 0 aliphatic heterocycles. The highest BCUT2D eigenvalue weighted by molar-refractivity contribution is 5.89. The molecule has 0 unspecified atom stereocenters. The molecule has 0 aromatic heterocycles. The lowest BCUT2D eigenvalue weighted by Crippen LogP contribution is -2.01. The maximum atomic E-state index is 5.93. The van der Waals surface area contributed by atoms with Crippen molar-refractivity contribution in [3.05, 3.63) is 47.5 Å². The molecule has 0 radical (unpaired) electrons. The van der Waals surface area contributed by atoms with Crippen LogP contribution in [0, 0.1) is 6.92 Å². The Bertz CT molecular complexity index is 516. The van der Waals surface area contributed by atoms with Gasteiger partial charge in [0, 0.05) is 12.0 Å². The Kier molecular flexibility index (Phi) is 1.83. The second-order valence-electron chi connectivity index (χ2n) is 4.52. The summed E-state index contributed by atoms with van der Waals surface area (Å²) in [4.78, 5) is 0. The molecule has 15 heavy (non-hydrogen) atoms. The minimum Gasteiger partial charge on any atom is -0.327 e. The molecule has 0 spiro atoms. The normalized spacial score (nSPS) is 24.4. The maximum Gasteiger partial charge on any atom is 0.0115 e. The summed E-state index contributed by atoms with van der Waals surface area (Å²) in [5, 5.41) is 2.75. The van der Waals surface area contributed by atoms with Crippen molar-refractivity contribution >= 4 is 10.8 Å².